The van der Waals surface area contributed by atoms with Gasteiger partial charge in [0.2, 0.25) is 0 Å². The molecule has 1 unspecified atom stereocenters. The quantitative estimate of drug-likeness (QED) is 0.411. The Morgan fingerprint density at radius 2 is 2.08 bits per heavy atom. The molecule has 0 aromatic heterocycles. The van der Waals surface area contributed by atoms with Crippen molar-refractivity contribution >= 4 is 15.0 Å². The molecule has 0 bridgehead atoms. The zero-order valence-corrected chi connectivity index (χ0v) is 8.89. The fourth-order valence-corrected chi connectivity index (χ4v) is 1.14. The molecule has 0 aliphatic heterocycles. The van der Waals surface area contributed by atoms with Crippen LogP contribution in [0.2, 0.25) is 0 Å². The van der Waals surface area contributed by atoms with Crippen LogP contribution in [0.1, 0.15) is 18.9 Å². The van der Waals surface area contributed by atoms with E-state index in [4.69, 9.17) is 4.84 Å². The molecule has 13 heavy (non-hydrogen) atoms. The monoisotopic (exact) mass is 195 g/mol. The van der Waals surface area contributed by atoms with Crippen LogP contribution in [-0.4, -0.2) is 12.1 Å². The Morgan fingerprint density at radius 1 is 1.38 bits per heavy atom. The number of hydrogen-bond acceptors (Lipinski definition) is 2. The van der Waals surface area contributed by atoms with E-state index < -0.39 is 0 Å². The molecule has 0 spiro atoms. The molecule has 70 valence electrons. The van der Waals surface area contributed by atoms with E-state index in [0.717, 1.165) is 17.7 Å². The maximum Gasteiger partial charge on any atom is 0.129 e. The average molecular weight is 195 g/mol. The second-order valence-corrected chi connectivity index (χ2v) is 2.89. The lowest BCUT2D eigenvalue weighted by molar-refractivity contribution is 0.195. The highest BCUT2D eigenvalue weighted by atomic mass is 31.0. The Labute approximate surface area is 81.2 Å². The minimum Gasteiger partial charge on any atom is -0.392 e. The van der Waals surface area contributed by atoms with Gasteiger partial charge >= 0.3 is 0 Å². The summed E-state index contributed by atoms with van der Waals surface area (Å²) in [7, 11) is 2.47. The largest absolute Gasteiger partial charge is 0.392 e. The van der Waals surface area contributed by atoms with Gasteiger partial charge in [0.25, 0.3) is 0 Å². The van der Waals surface area contributed by atoms with Crippen LogP contribution in [0.25, 0.3) is 0 Å². The van der Waals surface area contributed by atoms with Gasteiger partial charge in [0.1, 0.15) is 6.35 Å². The second-order valence-electron chi connectivity index (χ2n) is 2.55. The van der Waals surface area contributed by atoms with Crippen molar-refractivity contribution in [3.8, 4) is 0 Å². The predicted octanol–water partition coefficient (Wildman–Crippen LogP) is 2.65. The van der Waals surface area contributed by atoms with Gasteiger partial charge in [-0.15, -0.1) is 0 Å². The SMILES string of the molecule is CC/C(=N\OCP)c1ccccc1. The number of nitrogens with zero attached hydrogens (tertiary/aromatic N) is 1. The van der Waals surface area contributed by atoms with E-state index in [-0.39, 0.29) is 0 Å². The average Bonchev–Trinajstić information content (AvgIpc) is 2.21. The number of oxime groups is 1. The summed E-state index contributed by atoms with van der Waals surface area (Å²) < 4.78 is 0. The molecule has 3 heteroatoms. The molecule has 0 aliphatic rings. The highest BCUT2D eigenvalue weighted by Gasteiger charge is 1.99. The summed E-state index contributed by atoms with van der Waals surface area (Å²) in [4.78, 5) is 4.99. The normalized spacial score (nSPS) is 11.4. The van der Waals surface area contributed by atoms with Crippen molar-refractivity contribution in [1.82, 2.24) is 0 Å². The van der Waals surface area contributed by atoms with E-state index in [1.54, 1.807) is 0 Å². The molecule has 0 aliphatic carbocycles. The first-order valence-electron chi connectivity index (χ1n) is 4.32. The van der Waals surface area contributed by atoms with E-state index in [1.807, 2.05) is 30.3 Å². The number of benzene rings is 1. The fraction of sp³-hybridized carbons (Fsp3) is 0.300. The summed E-state index contributed by atoms with van der Waals surface area (Å²) >= 11 is 0. The minimum absolute atomic E-state index is 0.538. The molecule has 1 rings (SSSR count). The molecule has 0 fully saturated rings. The van der Waals surface area contributed by atoms with Gasteiger partial charge in [0.15, 0.2) is 0 Å². The van der Waals surface area contributed by atoms with E-state index in [1.165, 1.54) is 0 Å². The van der Waals surface area contributed by atoms with Crippen molar-refractivity contribution in [1.29, 1.82) is 0 Å². The highest BCUT2D eigenvalue weighted by Crippen LogP contribution is 2.04. The molecule has 2 nitrogen and oxygen atoms in total. The molecule has 1 aromatic carbocycles. The summed E-state index contributed by atoms with van der Waals surface area (Å²) in [5, 5.41) is 4.03. The third-order valence-corrected chi connectivity index (χ3v) is 1.84. The van der Waals surface area contributed by atoms with E-state index >= 15 is 0 Å². The molecule has 0 amide bonds. The van der Waals surface area contributed by atoms with E-state index in [2.05, 4.69) is 21.3 Å². The van der Waals surface area contributed by atoms with Gasteiger partial charge in [-0.2, -0.15) is 0 Å². The third kappa shape index (κ3) is 3.16. The van der Waals surface area contributed by atoms with Gasteiger partial charge in [0.05, 0.1) is 5.71 Å². The van der Waals surface area contributed by atoms with Crippen LogP contribution in [0.5, 0.6) is 0 Å². The third-order valence-electron chi connectivity index (χ3n) is 1.69. The van der Waals surface area contributed by atoms with Gasteiger partial charge in [-0.25, -0.2) is 0 Å². The zero-order chi connectivity index (χ0) is 9.52. The van der Waals surface area contributed by atoms with Crippen LogP contribution < -0.4 is 0 Å². The first kappa shape index (κ1) is 10.2. The molecule has 0 saturated carbocycles. The Kier molecular flexibility index (Phi) is 4.48. The summed E-state index contributed by atoms with van der Waals surface area (Å²) in [6.45, 7) is 2.07. The summed E-state index contributed by atoms with van der Waals surface area (Å²) in [5.41, 5.74) is 2.12. The van der Waals surface area contributed by atoms with Crippen molar-refractivity contribution in [2.45, 2.75) is 13.3 Å². The predicted molar refractivity (Wildman–Crippen MR) is 58.9 cm³/mol. The van der Waals surface area contributed by atoms with Crippen molar-refractivity contribution in [3.05, 3.63) is 35.9 Å². The van der Waals surface area contributed by atoms with Crippen LogP contribution in [0.15, 0.2) is 35.5 Å². The second kappa shape index (κ2) is 5.71. The molecular formula is C10H14NOP. The van der Waals surface area contributed by atoms with Crippen molar-refractivity contribution in [2.75, 3.05) is 6.35 Å². The molecule has 0 radical (unpaired) electrons. The van der Waals surface area contributed by atoms with Crippen molar-refractivity contribution < 1.29 is 4.84 Å². The van der Waals surface area contributed by atoms with E-state index in [9.17, 15) is 0 Å². The molecular weight excluding hydrogens is 181 g/mol. The van der Waals surface area contributed by atoms with Crippen LogP contribution >= 0.6 is 9.24 Å². The van der Waals surface area contributed by atoms with Gasteiger partial charge in [0, 0.05) is 0 Å². The molecule has 1 atom stereocenters. The van der Waals surface area contributed by atoms with Crippen molar-refractivity contribution in [2.24, 2.45) is 5.16 Å². The number of hydrogen-bond donors (Lipinski definition) is 0. The molecule has 0 N–H and O–H groups in total. The summed E-state index contributed by atoms with van der Waals surface area (Å²) in [6.07, 6.45) is 1.42. The Hall–Kier alpha value is -0.880. The minimum atomic E-state index is 0.538. The lowest BCUT2D eigenvalue weighted by Gasteiger charge is -2.02. The zero-order valence-electron chi connectivity index (χ0n) is 7.73. The van der Waals surface area contributed by atoms with Gasteiger partial charge in [-0.05, 0) is 12.0 Å². The fourth-order valence-electron chi connectivity index (χ4n) is 1.07. The summed E-state index contributed by atoms with van der Waals surface area (Å²) in [6, 6.07) is 10.1. The first-order chi connectivity index (χ1) is 6.38. The lowest BCUT2D eigenvalue weighted by Crippen LogP contribution is -1.99. The first-order valence-corrected chi connectivity index (χ1v) is 5.14. The van der Waals surface area contributed by atoms with Crippen LogP contribution in [0, 0.1) is 0 Å². The number of rotatable bonds is 4. The van der Waals surface area contributed by atoms with Crippen LogP contribution in [-0.2, 0) is 4.84 Å². The van der Waals surface area contributed by atoms with Crippen molar-refractivity contribution in [3.63, 3.8) is 0 Å². The maximum absolute atomic E-state index is 4.99. The van der Waals surface area contributed by atoms with Crippen LogP contribution in [0.3, 0.4) is 0 Å². The Bertz CT molecular complexity index is 272. The maximum atomic E-state index is 4.99. The highest BCUT2D eigenvalue weighted by molar-refractivity contribution is 7.16. The smallest absolute Gasteiger partial charge is 0.129 e. The molecule has 0 heterocycles. The van der Waals surface area contributed by atoms with Gasteiger partial charge in [-0.1, -0.05) is 51.7 Å². The Balaban J connectivity index is 2.78. The topological polar surface area (TPSA) is 21.6 Å². The Morgan fingerprint density at radius 3 is 2.62 bits per heavy atom. The molecule has 1 aromatic rings. The molecule has 0 saturated heterocycles. The lowest BCUT2D eigenvalue weighted by atomic mass is 10.1. The van der Waals surface area contributed by atoms with Crippen LogP contribution in [0.4, 0.5) is 0 Å². The van der Waals surface area contributed by atoms with Gasteiger partial charge < -0.3 is 4.84 Å². The van der Waals surface area contributed by atoms with E-state index in [0.29, 0.717) is 6.35 Å². The summed E-state index contributed by atoms with van der Waals surface area (Å²) in [5.74, 6) is 0. The van der Waals surface area contributed by atoms with Gasteiger partial charge in [-0.3, -0.25) is 0 Å². The standard InChI is InChI=1S/C10H14NOP/c1-2-10(11-12-8-13)9-6-4-3-5-7-9/h3-7H,2,8,13H2,1H3/b11-10+.